The van der Waals surface area contributed by atoms with E-state index in [1.165, 1.54) is 11.3 Å². The highest BCUT2D eigenvalue weighted by molar-refractivity contribution is 7.14. The Labute approximate surface area is 174 Å². The first-order valence-electron chi connectivity index (χ1n) is 9.75. The highest BCUT2D eigenvalue weighted by Gasteiger charge is 2.30. The Morgan fingerprint density at radius 2 is 1.97 bits per heavy atom. The Bertz CT molecular complexity index is 1070. The molecule has 0 aliphatic carbocycles. The number of fused-ring (bicyclic) bond motifs is 1. The van der Waals surface area contributed by atoms with E-state index in [0.717, 1.165) is 34.5 Å². The van der Waals surface area contributed by atoms with E-state index >= 15 is 0 Å². The number of rotatable bonds is 4. The van der Waals surface area contributed by atoms with Crippen LogP contribution in [-0.4, -0.2) is 22.8 Å². The van der Waals surface area contributed by atoms with Crippen molar-refractivity contribution in [3.05, 3.63) is 64.5 Å². The number of thiazole rings is 1. The first-order chi connectivity index (χ1) is 14.0. The first-order valence-corrected chi connectivity index (χ1v) is 10.6. The second-order valence-electron chi connectivity index (χ2n) is 7.37. The molecule has 0 bridgehead atoms. The Hall–Kier alpha value is -2.99. The second-order valence-corrected chi connectivity index (χ2v) is 8.23. The molecular formula is C23H23N3O2S. The Balaban J connectivity index is 1.53. The lowest BCUT2D eigenvalue weighted by molar-refractivity contribution is -0.118. The van der Waals surface area contributed by atoms with Gasteiger partial charge >= 0.3 is 0 Å². The second kappa shape index (κ2) is 7.79. The van der Waals surface area contributed by atoms with E-state index in [2.05, 4.69) is 23.3 Å². The van der Waals surface area contributed by atoms with Crippen molar-refractivity contribution < 1.29 is 9.59 Å². The van der Waals surface area contributed by atoms with Crippen molar-refractivity contribution in [2.24, 2.45) is 0 Å². The summed E-state index contributed by atoms with van der Waals surface area (Å²) >= 11 is 1.41. The van der Waals surface area contributed by atoms with Crippen LogP contribution in [0.25, 0.3) is 11.3 Å². The highest BCUT2D eigenvalue weighted by Crippen LogP contribution is 2.36. The van der Waals surface area contributed by atoms with Crippen molar-refractivity contribution >= 4 is 34.0 Å². The minimum atomic E-state index is -0.164. The summed E-state index contributed by atoms with van der Waals surface area (Å²) in [5.74, 6) is -0.0128. The SMILES string of the molecule is CCC(=O)N1c2ccc(-c3csc(NC(=O)c4ccc(C)cc4)n3)cc2CC1C. The molecule has 1 unspecified atom stereocenters. The van der Waals surface area contributed by atoms with Gasteiger partial charge in [0.2, 0.25) is 5.91 Å². The summed E-state index contributed by atoms with van der Waals surface area (Å²) < 4.78 is 0. The molecule has 2 aromatic carbocycles. The zero-order valence-electron chi connectivity index (χ0n) is 16.7. The molecule has 3 aromatic rings. The van der Waals surface area contributed by atoms with Gasteiger partial charge in [0.25, 0.3) is 5.91 Å². The maximum atomic E-state index is 12.4. The van der Waals surface area contributed by atoms with Crippen LogP contribution in [0.1, 0.15) is 41.8 Å². The van der Waals surface area contributed by atoms with Crippen molar-refractivity contribution in [3.8, 4) is 11.3 Å². The van der Waals surface area contributed by atoms with Crippen LogP contribution in [0.2, 0.25) is 0 Å². The summed E-state index contributed by atoms with van der Waals surface area (Å²) in [6, 6.07) is 13.7. The smallest absolute Gasteiger partial charge is 0.257 e. The summed E-state index contributed by atoms with van der Waals surface area (Å²) in [6.07, 6.45) is 1.34. The number of carbonyl (C=O) groups excluding carboxylic acids is 2. The van der Waals surface area contributed by atoms with Gasteiger partial charge in [0.15, 0.2) is 5.13 Å². The number of amides is 2. The number of benzene rings is 2. The molecule has 6 heteroatoms. The number of nitrogens with zero attached hydrogens (tertiary/aromatic N) is 2. The third-order valence-electron chi connectivity index (χ3n) is 5.20. The predicted molar refractivity (Wildman–Crippen MR) is 118 cm³/mol. The molecule has 1 atom stereocenters. The van der Waals surface area contributed by atoms with Gasteiger partial charge in [-0.25, -0.2) is 4.98 Å². The molecule has 4 rings (SSSR count). The molecule has 1 N–H and O–H groups in total. The zero-order chi connectivity index (χ0) is 20.5. The van der Waals surface area contributed by atoms with E-state index in [-0.39, 0.29) is 17.9 Å². The predicted octanol–water partition coefficient (Wildman–Crippen LogP) is 5.06. The van der Waals surface area contributed by atoms with Crippen LogP contribution in [-0.2, 0) is 11.2 Å². The molecule has 0 radical (unpaired) electrons. The van der Waals surface area contributed by atoms with Crippen LogP contribution >= 0.6 is 11.3 Å². The van der Waals surface area contributed by atoms with E-state index < -0.39 is 0 Å². The summed E-state index contributed by atoms with van der Waals surface area (Å²) in [4.78, 5) is 31.1. The fourth-order valence-corrected chi connectivity index (χ4v) is 4.39. The normalized spacial score (nSPS) is 15.3. The van der Waals surface area contributed by atoms with Gasteiger partial charge in [-0.15, -0.1) is 11.3 Å². The van der Waals surface area contributed by atoms with Gasteiger partial charge in [-0.1, -0.05) is 30.7 Å². The van der Waals surface area contributed by atoms with Crippen LogP contribution in [0.15, 0.2) is 47.8 Å². The van der Waals surface area contributed by atoms with Crippen molar-refractivity contribution in [1.29, 1.82) is 0 Å². The molecule has 1 aromatic heterocycles. The quantitative estimate of drug-likeness (QED) is 0.660. The Kier molecular flexibility index (Phi) is 5.20. The van der Waals surface area contributed by atoms with Crippen LogP contribution in [0.3, 0.4) is 0 Å². The molecule has 148 valence electrons. The van der Waals surface area contributed by atoms with Crippen molar-refractivity contribution in [3.63, 3.8) is 0 Å². The summed E-state index contributed by atoms with van der Waals surface area (Å²) in [5.41, 5.74) is 5.70. The topological polar surface area (TPSA) is 62.3 Å². The molecular weight excluding hydrogens is 382 g/mol. The molecule has 0 spiro atoms. The van der Waals surface area contributed by atoms with Gasteiger partial charge in [-0.05, 0) is 50.1 Å². The molecule has 0 saturated heterocycles. The zero-order valence-corrected chi connectivity index (χ0v) is 17.5. The fourth-order valence-electron chi connectivity index (χ4n) is 3.68. The van der Waals surface area contributed by atoms with E-state index in [1.807, 2.05) is 60.5 Å². The molecule has 0 fully saturated rings. The Morgan fingerprint density at radius 3 is 2.69 bits per heavy atom. The number of hydrogen-bond donors (Lipinski definition) is 1. The minimum Gasteiger partial charge on any atom is -0.309 e. The van der Waals surface area contributed by atoms with Crippen LogP contribution < -0.4 is 10.2 Å². The van der Waals surface area contributed by atoms with Crippen LogP contribution in [0, 0.1) is 6.92 Å². The fraction of sp³-hybridized carbons (Fsp3) is 0.261. The van der Waals surface area contributed by atoms with E-state index in [4.69, 9.17) is 0 Å². The van der Waals surface area contributed by atoms with Gasteiger partial charge < -0.3 is 4.90 Å². The number of hydrogen-bond acceptors (Lipinski definition) is 4. The molecule has 1 aliphatic heterocycles. The van der Waals surface area contributed by atoms with Gasteiger partial charge in [0.05, 0.1) is 5.69 Å². The molecule has 0 saturated carbocycles. The van der Waals surface area contributed by atoms with E-state index in [9.17, 15) is 9.59 Å². The lowest BCUT2D eigenvalue weighted by Gasteiger charge is -2.22. The van der Waals surface area contributed by atoms with Crippen LogP contribution in [0.5, 0.6) is 0 Å². The molecule has 2 heterocycles. The average Bonchev–Trinajstić information content (AvgIpc) is 3.30. The molecule has 2 amide bonds. The van der Waals surface area contributed by atoms with Gasteiger partial charge in [-0.2, -0.15) is 0 Å². The minimum absolute atomic E-state index is 0.152. The van der Waals surface area contributed by atoms with Crippen molar-refractivity contribution in [2.75, 3.05) is 10.2 Å². The van der Waals surface area contributed by atoms with Crippen molar-refractivity contribution in [1.82, 2.24) is 4.98 Å². The average molecular weight is 406 g/mol. The summed E-state index contributed by atoms with van der Waals surface area (Å²) in [6.45, 7) is 5.96. The van der Waals surface area contributed by atoms with E-state index in [1.54, 1.807) is 0 Å². The van der Waals surface area contributed by atoms with Crippen LogP contribution in [0.4, 0.5) is 10.8 Å². The van der Waals surface area contributed by atoms with Gasteiger partial charge in [0, 0.05) is 34.7 Å². The number of anilines is 2. The largest absolute Gasteiger partial charge is 0.309 e. The number of nitrogens with one attached hydrogen (secondary N) is 1. The number of aryl methyl sites for hydroxylation is 1. The maximum absolute atomic E-state index is 12.4. The molecule has 29 heavy (non-hydrogen) atoms. The third-order valence-corrected chi connectivity index (χ3v) is 5.96. The lowest BCUT2D eigenvalue weighted by atomic mass is 10.1. The van der Waals surface area contributed by atoms with E-state index in [0.29, 0.717) is 17.1 Å². The lowest BCUT2D eigenvalue weighted by Crippen LogP contribution is -2.35. The number of carbonyl (C=O) groups is 2. The molecule has 1 aliphatic rings. The Morgan fingerprint density at radius 1 is 1.21 bits per heavy atom. The summed E-state index contributed by atoms with van der Waals surface area (Å²) in [5, 5.41) is 5.39. The standard InChI is InChI=1S/C23H23N3O2S/c1-4-21(27)26-15(3)11-18-12-17(9-10-20(18)26)19-13-29-23(24-19)25-22(28)16-7-5-14(2)6-8-16/h5-10,12-13,15H,4,11H2,1-3H3,(H,24,25,28). The monoisotopic (exact) mass is 405 g/mol. The highest BCUT2D eigenvalue weighted by atomic mass is 32.1. The third kappa shape index (κ3) is 3.80. The maximum Gasteiger partial charge on any atom is 0.257 e. The first kappa shape index (κ1) is 19.3. The number of aromatic nitrogens is 1. The van der Waals surface area contributed by atoms with Gasteiger partial charge in [0.1, 0.15) is 0 Å². The molecule has 5 nitrogen and oxygen atoms in total. The van der Waals surface area contributed by atoms with Crippen molar-refractivity contribution in [2.45, 2.75) is 39.7 Å². The van der Waals surface area contributed by atoms with Gasteiger partial charge in [-0.3, -0.25) is 14.9 Å². The summed E-state index contributed by atoms with van der Waals surface area (Å²) in [7, 11) is 0.